The van der Waals surface area contributed by atoms with Gasteiger partial charge < -0.3 is 15.4 Å². The topological polar surface area (TPSA) is 63.2 Å². The monoisotopic (exact) mass is 365 g/mol. The zero-order valence-electron chi connectivity index (χ0n) is 12.9. The van der Waals surface area contributed by atoms with Crippen molar-refractivity contribution in [2.75, 3.05) is 18.5 Å². The predicted molar refractivity (Wildman–Crippen MR) is 95.3 cm³/mol. The highest BCUT2D eigenvalue weighted by molar-refractivity contribution is 6.36. The van der Waals surface area contributed by atoms with E-state index in [0.717, 1.165) is 19.4 Å². The standard InChI is InChI=1S/C17H17Cl2N3O2/c18-12-3-4-16(15(19)7-12)22-13-6-11(8-20-9-13)17(23)21-10-14-2-1-5-24-14/h3-4,6-9,14,22H,1-2,5,10H2,(H,21,23). The molecule has 1 fully saturated rings. The molecule has 7 heteroatoms. The number of amides is 1. The van der Waals surface area contributed by atoms with Gasteiger partial charge >= 0.3 is 0 Å². The summed E-state index contributed by atoms with van der Waals surface area (Å²) in [5.41, 5.74) is 1.84. The molecule has 24 heavy (non-hydrogen) atoms. The first kappa shape index (κ1) is 17.0. The summed E-state index contributed by atoms with van der Waals surface area (Å²) in [7, 11) is 0. The molecule has 1 aliphatic rings. The average Bonchev–Trinajstić information content (AvgIpc) is 3.09. The molecule has 2 aromatic rings. The maximum absolute atomic E-state index is 12.2. The third-order valence-electron chi connectivity index (χ3n) is 3.72. The van der Waals surface area contributed by atoms with Crippen LogP contribution in [-0.2, 0) is 4.74 Å². The summed E-state index contributed by atoms with van der Waals surface area (Å²) in [4.78, 5) is 16.3. The minimum Gasteiger partial charge on any atom is -0.376 e. The number of carbonyl (C=O) groups is 1. The van der Waals surface area contributed by atoms with Gasteiger partial charge in [0.2, 0.25) is 0 Å². The number of pyridine rings is 1. The SMILES string of the molecule is O=C(NCC1CCCO1)c1cncc(Nc2ccc(Cl)cc2Cl)c1. The first-order valence-corrected chi connectivity index (χ1v) is 8.44. The fourth-order valence-electron chi connectivity index (χ4n) is 2.49. The number of hydrogen-bond donors (Lipinski definition) is 2. The van der Waals surface area contributed by atoms with E-state index in [1.807, 2.05) is 0 Å². The minimum atomic E-state index is -0.177. The molecule has 0 saturated carbocycles. The van der Waals surface area contributed by atoms with Gasteiger partial charge in [0.15, 0.2) is 0 Å². The number of halogens is 2. The van der Waals surface area contributed by atoms with Crippen LogP contribution in [0.15, 0.2) is 36.7 Å². The van der Waals surface area contributed by atoms with E-state index in [4.69, 9.17) is 27.9 Å². The zero-order chi connectivity index (χ0) is 16.9. The second-order valence-corrected chi connectivity index (χ2v) is 6.40. The third-order valence-corrected chi connectivity index (χ3v) is 4.27. The number of aromatic nitrogens is 1. The van der Waals surface area contributed by atoms with Gasteiger partial charge in [0.25, 0.3) is 5.91 Å². The van der Waals surface area contributed by atoms with E-state index >= 15 is 0 Å². The van der Waals surface area contributed by atoms with E-state index in [1.54, 1.807) is 30.5 Å². The van der Waals surface area contributed by atoms with Crippen LogP contribution in [0, 0.1) is 0 Å². The molecule has 0 spiro atoms. The Balaban J connectivity index is 1.65. The Labute approximate surface area is 150 Å². The number of anilines is 2. The molecule has 0 radical (unpaired) electrons. The summed E-state index contributed by atoms with van der Waals surface area (Å²) < 4.78 is 5.50. The van der Waals surface area contributed by atoms with Crippen LogP contribution in [0.3, 0.4) is 0 Å². The molecule has 3 rings (SSSR count). The quantitative estimate of drug-likeness (QED) is 0.838. The van der Waals surface area contributed by atoms with Crippen molar-refractivity contribution in [3.05, 3.63) is 52.3 Å². The van der Waals surface area contributed by atoms with Crippen LogP contribution in [0.1, 0.15) is 23.2 Å². The number of rotatable bonds is 5. The number of nitrogens with zero attached hydrogens (tertiary/aromatic N) is 1. The van der Waals surface area contributed by atoms with Crippen LogP contribution in [0.25, 0.3) is 0 Å². The normalized spacial score (nSPS) is 16.8. The molecular formula is C17H17Cl2N3O2. The summed E-state index contributed by atoms with van der Waals surface area (Å²) in [5, 5.41) is 7.07. The van der Waals surface area contributed by atoms with Crippen LogP contribution in [0.2, 0.25) is 10.0 Å². The number of benzene rings is 1. The average molecular weight is 366 g/mol. The van der Waals surface area contributed by atoms with E-state index in [2.05, 4.69) is 15.6 Å². The number of carbonyl (C=O) groups excluding carboxylic acids is 1. The highest BCUT2D eigenvalue weighted by atomic mass is 35.5. The van der Waals surface area contributed by atoms with Crippen molar-refractivity contribution in [2.45, 2.75) is 18.9 Å². The molecule has 1 saturated heterocycles. The first-order chi connectivity index (χ1) is 11.6. The van der Waals surface area contributed by atoms with E-state index in [9.17, 15) is 4.79 Å². The van der Waals surface area contributed by atoms with Gasteiger partial charge in [-0.05, 0) is 37.1 Å². The molecule has 1 atom stereocenters. The molecule has 0 aliphatic carbocycles. The van der Waals surface area contributed by atoms with E-state index in [-0.39, 0.29) is 12.0 Å². The maximum atomic E-state index is 12.2. The lowest BCUT2D eigenvalue weighted by atomic mass is 10.2. The van der Waals surface area contributed by atoms with E-state index in [0.29, 0.717) is 33.5 Å². The molecule has 1 aromatic heterocycles. The van der Waals surface area contributed by atoms with Crippen molar-refractivity contribution in [3.63, 3.8) is 0 Å². The number of ether oxygens (including phenoxy) is 1. The highest BCUT2D eigenvalue weighted by Crippen LogP contribution is 2.28. The molecular weight excluding hydrogens is 349 g/mol. The summed E-state index contributed by atoms with van der Waals surface area (Å²) >= 11 is 12.0. The molecule has 2 heterocycles. The van der Waals surface area contributed by atoms with Gasteiger partial charge in [-0.1, -0.05) is 23.2 Å². The van der Waals surface area contributed by atoms with Gasteiger partial charge in [-0.25, -0.2) is 0 Å². The predicted octanol–water partition coefficient (Wildman–Crippen LogP) is 4.04. The lowest BCUT2D eigenvalue weighted by molar-refractivity contribution is 0.0857. The highest BCUT2D eigenvalue weighted by Gasteiger charge is 2.17. The second-order valence-electron chi connectivity index (χ2n) is 5.56. The Morgan fingerprint density at radius 2 is 2.17 bits per heavy atom. The lowest BCUT2D eigenvalue weighted by Gasteiger charge is -2.12. The van der Waals surface area contributed by atoms with Crippen LogP contribution < -0.4 is 10.6 Å². The van der Waals surface area contributed by atoms with Crippen molar-refractivity contribution in [1.29, 1.82) is 0 Å². The van der Waals surface area contributed by atoms with E-state index < -0.39 is 0 Å². The molecule has 1 aromatic carbocycles. The van der Waals surface area contributed by atoms with Gasteiger partial charge in [0, 0.05) is 24.4 Å². The first-order valence-electron chi connectivity index (χ1n) is 7.69. The third kappa shape index (κ3) is 4.38. The summed E-state index contributed by atoms with van der Waals surface area (Å²) in [6.45, 7) is 1.28. The van der Waals surface area contributed by atoms with Gasteiger partial charge in [-0.3, -0.25) is 9.78 Å². The Hall–Kier alpha value is -1.82. The van der Waals surface area contributed by atoms with Crippen molar-refractivity contribution in [1.82, 2.24) is 10.3 Å². The summed E-state index contributed by atoms with van der Waals surface area (Å²) in [6, 6.07) is 6.88. The number of nitrogens with one attached hydrogen (secondary N) is 2. The largest absolute Gasteiger partial charge is 0.376 e. The summed E-state index contributed by atoms with van der Waals surface area (Å²) in [6.07, 6.45) is 5.29. The number of hydrogen-bond acceptors (Lipinski definition) is 4. The van der Waals surface area contributed by atoms with E-state index in [1.165, 1.54) is 6.20 Å². The van der Waals surface area contributed by atoms with Crippen molar-refractivity contribution in [3.8, 4) is 0 Å². The van der Waals surface area contributed by atoms with Crippen LogP contribution in [0.4, 0.5) is 11.4 Å². The van der Waals surface area contributed by atoms with Crippen LogP contribution in [0.5, 0.6) is 0 Å². The van der Waals surface area contributed by atoms with Crippen LogP contribution >= 0.6 is 23.2 Å². The second kappa shape index (κ2) is 7.83. The zero-order valence-corrected chi connectivity index (χ0v) is 14.4. The fraction of sp³-hybridized carbons (Fsp3) is 0.294. The van der Waals surface area contributed by atoms with Crippen molar-refractivity contribution >= 4 is 40.5 Å². The Morgan fingerprint density at radius 3 is 2.92 bits per heavy atom. The van der Waals surface area contributed by atoms with Gasteiger partial charge in [0.05, 0.1) is 34.3 Å². The molecule has 1 unspecified atom stereocenters. The fourth-order valence-corrected chi connectivity index (χ4v) is 2.95. The molecule has 1 aliphatic heterocycles. The molecule has 126 valence electrons. The lowest BCUT2D eigenvalue weighted by Crippen LogP contribution is -2.31. The van der Waals surface area contributed by atoms with Crippen molar-refractivity contribution < 1.29 is 9.53 Å². The molecule has 0 bridgehead atoms. The van der Waals surface area contributed by atoms with Crippen LogP contribution in [-0.4, -0.2) is 30.1 Å². The smallest absolute Gasteiger partial charge is 0.253 e. The Bertz CT molecular complexity index is 734. The Morgan fingerprint density at radius 1 is 1.29 bits per heavy atom. The molecule has 2 N–H and O–H groups in total. The molecule has 1 amide bonds. The van der Waals surface area contributed by atoms with Crippen molar-refractivity contribution in [2.24, 2.45) is 0 Å². The molecule has 5 nitrogen and oxygen atoms in total. The van der Waals surface area contributed by atoms with Gasteiger partial charge in [-0.15, -0.1) is 0 Å². The van der Waals surface area contributed by atoms with Gasteiger partial charge in [0.1, 0.15) is 0 Å². The maximum Gasteiger partial charge on any atom is 0.253 e. The Kier molecular flexibility index (Phi) is 5.56. The van der Waals surface area contributed by atoms with Gasteiger partial charge in [-0.2, -0.15) is 0 Å². The summed E-state index contributed by atoms with van der Waals surface area (Å²) in [5.74, 6) is -0.177. The minimum absolute atomic E-state index is 0.107.